The lowest BCUT2D eigenvalue weighted by Gasteiger charge is -2.24. The van der Waals surface area contributed by atoms with E-state index in [4.69, 9.17) is 19.3 Å². The molecule has 348 valence electrons. The molecule has 4 aromatic rings. The van der Waals surface area contributed by atoms with Gasteiger partial charge in [0.1, 0.15) is 29.8 Å². The van der Waals surface area contributed by atoms with Gasteiger partial charge in [0.2, 0.25) is 23.6 Å². The lowest BCUT2D eigenvalue weighted by atomic mass is 10.0. The minimum absolute atomic E-state index is 0.00604. The first-order valence-corrected chi connectivity index (χ1v) is 21.1. The Bertz CT molecular complexity index is 2260. The van der Waals surface area contributed by atoms with Crippen molar-refractivity contribution in [3.05, 3.63) is 72.1 Å². The second kappa shape index (κ2) is 24.2. The molecule has 0 spiro atoms. The SMILES string of the molecule is CC(=O)N[C@@H](Cc1c[nH]c2ccccc12)C(=O)N[C@@H](CCC(=O)O)C(=O)OC(C)C.CC(=O)N[C@@H](Cc1c[nH]c2ccccc12)C(=O)N[C@@H](CCC(=O)OC(C)(C)C)C(=O)OC(C)C. The van der Waals surface area contributed by atoms with E-state index in [0.717, 1.165) is 32.9 Å². The Hall–Kier alpha value is -6.72. The number of aromatic amines is 2. The number of benzene rings is 2. The molecular weight excluding hydrogens is 829 g/mol. The first kappa shape index (κ1) is 51.6. The van der Waals surface area contributed by atoms with Gasteiger partial charge in [0.15, 0.2) is 0 Å². The number of hydrogen-bond acceptors (Lipinski definition) is 11. The smallest absolute Gasteiger partial charge is 0.328 e. The van der Waals surface area contributed by atoms with E-state index in [2.05, 4.69) is 31.2 Å². The van der Waals surface area contributed by atoms with Crippen LogP contribution in [0.2, 0.25) is 0 Å². The van der Waals surface area contributed by atoms with Crippen LogP contribution in [0.5, 0.6) is 0 Å². The molecule has 4 rings (SSSR count). The summed E-state index contributed by atoms with van der Waals surface area (Å²) in [6.45, 7) is 14.6. The van der Waals surface area contributed by atoms with Crippen molar-refractivity contribution in [1.82, 2.24) is 31.2 Å². The number of H-pyrrole nitrogens is 2. The fourth-order valence-electron chi connectivity index (χ4n) is 6.54. The zero-order valence-electron chi connectivity index (χ0n) is 37.9. The van der Waals surface area contributed by atoms with Crippen LogP contribution in [-0.4, -0.2) is 105 Å². The van der Waals surface area contributed by atoms with E-state index in [9.17, 15) is 38.4 Å². The van der Waals surface area contributed by atoms with E-state index in [-0.39, 0.29) is 44.4 Å². The van der Waals surface area contributed by atoms with Gasteiger partial charge in [0.05, 0.1) is 12.2 Å². The van der Waals surface area contributed by atoms with Gasteiger partial charge in [-0.1, -0.05) is 36.4 Å². The Balaban J connectivity index is 0.000000343. The molecule has 18 nitrogen and oxygen atoms in total. The molecule has 0 aliphatic carbocycles. The minimum atomic E-state index is -1.13. The fraction of sp³-hybridized carbons (Fsp3) is 0.478. The number of hydrogen-bond donors (Lipinski definition) is 7. The van der Waals surface area contributed by atoms with Gasteiger partial charge in [-0.3, -0.25) is 28.8 Å². The van der Waals surface area contributed by atoms with Crippen molar-refractivity contribution < 1.29 is 57.7 Å². The quantitative estimate of drug-likeness (QED) is 0.0484. The monoisotopic (exact) mass is 890 g/mol. The Kier molecular flexibility index (Phi) is 19.5. The molecule has 2 heterocycles. The summed E-state index contributed by atoms with van der Waals surface area (Å²) < 4.78 is 15.7. The predicted molar refractivity (Wildman–Crippen MR) is 237 cm³/mol. The molecule has 0 bridgehead atoms. The van der Waals surface area contributed by atoms with Crippen molar-refractivity contribution in [2.45, 2.75) is 143 Å². The van der Waals surface area contributed by atoms with E-state index >= 15 is 0 Å². The van der Waals surface area contributed by atoms with Gasteiger partial charge >= 0.3 is 23.9 Å². The van der Waals surface area contributed by atoms with Crippen molar-refractivity contribution in [3.8, 4) is 0 Å². The molecule has 4 amide bonds. The number of amides is 4. The van der Waals surface area contributed by atoms with Gasteiger partial charge in [-0.2, -0.15) is 0 Å². The predicted octanol–water partition coefficient (Wildman–Crippen LogP) is 4.29. The zero-order valence-corrected chi connectivity index (χ0v) is 37.9. The summed E-state index contributed by atoms with van der Waals surface area (Å²) in [4.78, 5) is 104. The molecule has 2 aromatic carbocycles. The number of aliphatic carboxylic acids is 1. The van der Waals surface area contributed by atoms with E-state index < -0.39 is 83.6 Å². The molecule has 0 fully saturated rings. The van der Waals surface area contributed by atoms with Crippen molar-refractivity contribution in [2.24, 2.45) is 0 Å². The second-order valence-electron chi connectivity index (χ2n) is 16.8. The van der Waals surface area contributed by atoms with Crippen LogP contribution < -0.4 is 21.3 Å². The lowest BCUT2D eigenvalue weighted by molar-refractivity contribution is -0.156. The average molecular weight is 891 g/mol. The number of ether oxygens (including phenoxy) is 3. The van der Waals surface area contributed by atoms with Crippen LogP contribution in [0.25, 0.3) is 21.8 Å². The molecule has 0 saturated carbocycles. The first-order valence-electron chi connectivity index (χ1n) is 21.1. The number of esters is 3. The van der Waals surface area contributed by atoms with Gasteiger partial charge < -0.3 is 50.6 Å². The molecule has 0 unspecified atom stereocenters. The van der Waals surface area contributed by atoms with Gasteiger partial charge in [-0.25, -0.2) is 9.59 Å². The number of carboxylic acids is 1. The molecule has 64 heavy (non-hydrogen) atoms. The number of fused-ring (bicyclic) bond motifs is 2. The lowest BCUT2D eigenvalue weighted by Crippen LogP contribution is -2.52. The number of carbonyl (C=O) groups is 8. The van der Waals surface area contributed by atoms with Crippen molar-refractivity contribution >= 4 is 69.3 Å². The second-order valence-corrected chi connectivity index (χ2v) is 16.8. The summed E-state index contributed by atoms with van der Waals surface area (Å²) in [7, 11) is 0. The number of carboxylic acid groups (broad SMARTS) is 1. The minimum Gasteiger partial charge on any atom is -0.481 e. The van der Waals surface area contributed by atoms with E-state index in [1.165, 1.54) is 13.8 Å². The molecular formula is C46H62N6O12. The van der Waals surface area contributed by atoms with Gasteiger partial charge in [0, 0.05) is 73.7 Å². The first-order chi connectivity index (χ1) is 30.0. The topological polar surface area (TPSA) is 264 Å². The number of nitrogens with one attached hydrogen (secondary N) is 6. The van der Waals surface area contributed by atoms with Crippen LogP contribution in [0.4, 0.5) is 0 Å². The highest BCUT2D eigenvalue weighted by Gasteiger charge is 2.31. The molecule has 2 aromatic heterocycles. The summed E-state index contributed by atoms with van der Waals surface area (Å²) in [5.41, 5.74) is 2.82. The number of carbonyl (C=O) groups excluding carboxylic acids is 7. The van der Waals surface area contributed by atoms with Crippen LogP contribution in [0, 0.1) is 0 Å². The van der Waals surface area contributed by atoms with Gasteiger partial charge in [0.25, 0.3) is 0 Å². The maximum atomic E-state index is 13.2. The van der Waals surface area contributed by atoms with Crippen molar-refractivity contribution in [3.63, 3.8) is 0 Å². The van der Waals surface area contributed by atoms with Crippen LogP contribution >= 0.6 is 0 Å². The Morgan fingerprint density at radius 3 is 1.34 bits per heavy atom. The molecule has 18 heteroatoms. The normalized spacial score (nSPS) is 13.1. The third-order valence-corrected chi connectivity index (χ3v) is 9.20. The number of aromatic nitrogens is 2. The van der Waals surface area contributed by atoms with Crippen LogP contribution in [0.3, 0.4) is 0 Å². The summed E-state index contributed by atoms with van der Waals surface area (Å²) in [5, 5.41) is 21.2. The average Bonchev–Trinajstić information content (AvgIpc) is 3.79. The number of rotatable bonds is 20. The van der Waals surface area contributed by atoms with Crippen LogP contribution in [0.15, 0.2) is 60.9 Å². The molecule has 0 saturated heterocycles. The Labute approximate surface area is 372 Å². The maximum Gasteiger partial charge on any atom is 0.328 e. The summed E-state index contributed by atoms with van der Waals surface area (Å²) in [5.74, 6) is -4.86. The summed E-state index contributed by atoms with van der Waals surface area (Å²) >= 11 is 0. The van der Waals surface area contributed by atoms with Crippen LogP contribution in [0.1, 0.15) is 99.1 Å². The number of para-hydroxylation sites is 2. The third-order valence-electron chi connectivity index (χ3n) is 9.20. The van der Waals surface area contributed by atoms with Gasteiger partial charge in [-0.05, 0) is 84.6 Å². The highest BCUT2D eigenvalue weighted by atomic mass is 16.6. The Morgan fingerprint density at radius 1 is 0.594 bits per heavy atom. The largest absolute Gasteiger partial charge is 0.481 e. The highest BCUT2D eigenvalue weighted by molar-refractivity contribution is 5.93. The van der Waals surface area contributed by atoms with E-state index in [0.29, 0.717) is 0 Å². The molecule has 7 N–H and O–H groups in total. The van der Waals surface area contributed by atoms with Crippen LogP contribution in [-0.2, 0) is 65.4 Å². The summed E-state index contributed by atoms with van der Waals surface area (Å²) in [6.07, 6.45) is 2.65. The molecule has 0 aliphatic heterocycles. The highest BCUT2D eigenvalue weighted by Crippen LogP contribution is 2.21. The summed E-state index contributed by atoms with van der Waals surface area (Å²) in [6, 6.07) is 11.1. The zero-order chi connectivity index (χ0) is 47.7. The standard InChI is InChI=1S/C25H35N3O6.C21H27N3O6/c1-15(2)33-24(32)20(11-12-22(30)34-25(4,5)6)28-23(31)21(27-16(3)29)13-17-14-26-19-10-8-7-9-18(17)19;1-12(2)30-21(29)17(8-9-19(26)27)24-20(28)18(23-13(3)25)10-14-11-22-16-7-5-4-6-15(14)16/h7-10,14-15,20-21,26H,11-13H2,1-6H3,(H,27,29)(H,28,31);4-7,11-12,17-18,22H,8-10H2,1-3H3,(H,23,25)(H,24,28)(H,26,27)/t20-,21-;17-,18-/m00/s1. The van der Waals surface area contributed by atoms with Crippen molar-refractivity contribution in [2.75, 3.05) is 0 Å². The van der Waals surface area contributed by atoms with Crippen molar-refractivity contribution in [1.29, 1.82) is 0 Å². The van der Waals surface area contributed by atoms with E-state index in [1.807, 2.05) is 48.5 Å². The molecule has 0 radical (unpaired) electrons. The third kappa shape index (κ3) is 17.6. The van der Waals surface area contributed by atoms with E-state index in [1.54, 1.807) is 60.9 Å². The fourth-order valence-corrected chi connectivity index (χ4v) is 6.54. The molecule has 4 atom stereocenters. The maximum absolute atomic E-state index is 13.2. The van der Waals surface area contributed by atoms with Gasteiger partial charge in [-0.15, -0.1) is 0 Å². The molecule has 0 aliphatic rings. The Morgan fingerprint density at radius 2 is 0.984 bits per heavy atom.